The van der Waals surface area contributed by atoms with E-state index >= 15 is 0 Å². The average Bonchev–Trinajstić information content (AvgIpc) is 3.64. The van der Waals surface area contributed by atoms with Crippen molar-refractivity contribution in [2.45, 2.75) is 146 Å². The molecule has 5 N–H and O–H groups in total. The van der Waals surface area contributed by atoms with Crippen LogP contribution in [0.1, 0.15) is 127 Å². The molecule has 0 amide bonds. The minimum atomic E-state index is -4.86. The number of phosphoric acid groups is 1. The number of pyridine rings is 1. The molecule has 3 heterocycles. The summed E-state index contributed by atoms with van der Waals surface area (Å²) in [4.78, 5) is 18.4. The van der Waals surface area contributed by atoms with E-state index in [4.69, 9.17) is 29.0 Å². The summed E-state index contributed by atoms with van der Waals surface area (Å²) >= 11 is 0. The first-order chi connectivity index (χ1) is 27.9. The number of fused-ring (bicyclic) bond motifs is 1. The van der Waals surface area contributed by atoms with Crippen LogP contribution in [0.15, 0.2) is 41.8 Å². The number of nitriles is 1. The highest BCUT2D eigenvalue weighted by Crippen LogP contribution is 2.44. The molecule has 0 aliphatic heterocycles. The van der Waals surface area contributed by atoms with Crippen LogP contribution in [0.5, 0.6) is 0 Å². The monoisotopic (exact) mass is 854 g/mol. The fraction of sp³-hybridized carbons (Fsp3) is 0.692. The first-order valence-electron chi connectivity index (χ1n) is 20.3. The summed E-state index contributed by atoms with van der Waals surface area (Å²) in [6.07, 6.45) is 20.3. The molecule has 0 aliphatic rings. The summed E-state index contributed by atoms with van der Waals surface area (Å²) in [6, 6.07) is 4.38. The Labute approximate surface area is 342 Å². The number of hydrogen-bond acceptors (Lipinski definition) is 15. The number of phosphoric ester groups is 1. The Morgan fingerprint density at radius 3 is 2.10 bits per heavy atom. The van der Waals surface area contributed by atoms with Crippen LogP contribution in [0.4, 0.5) is 5.82 Å². The summed E-state index contributed by atoms with van der Waals surface area (Å²) < 4.78 is 65.1. The van der Waals surface area contributed by atoms with E-state index in [0.29, 0.717) is 17.7 Å². The Hall–Kier alpha value is -3.24. The van der Waals surface area contributed by atoms with E-state index in [2.05, 4.69) is 22.0 Å². The van der Waals surface area contributed by atoms with Crippen molar-refractivity contribution in [1.29, 1.82) is 5.26 Å². The maximum Gasteiger partial charge on any atom is 0.472 e. The van der Waals surface area contributed by atoms with Gasteiger partial charge in [-0.15, -0.1) is 0 Å². The zero-order valence-corrected chi connectivity index (χ0v) is 35.6. The van der Waals surface area contributed by atoms with Gasteiger partial charge >= 0.3 is 7.82 Å². The molecular formula is C39H63N6O11PS. The minimum Gasteiger partial charge on any atom is -0.419 e. The third-order valence-corrected chi connectivity index (χ3v) is 11.7. The van der Waals surface area contributed by atoms with Gasteiger partial charge in [-0.1, -0.05) is 103 Å². The molecule has 0 aliphatic carbocycles. The van der Waals surface area contributed by atoms with E-state index in [-0.39, 0.29) is 29.6 Å². The van der Waals surface area contributed by atoms with E-state index in [9.17, 15) is 33.4 Å². The van der Waals surface area contributed by atoms with Crippen molar-refractivity contribution in [3.05, 3.63) is 48.2 Å². The number of ether oxygens (including phenoxy) is 3. The van der Waals surface area contributed by atoms with Crippen LogP contribution in [0.2, 0.25) is 0 Å². The number of unbranched alkanes of at least 4 members (excludes halogenated alkanes) is 15. The molecule has 326 valence electrons. The van der Waals surface area contributed by atoms with E-state index in [1.165, 1.54) is 125 Å². The molecule has 19 heteroatoms. The highest BCUT2D eigenvalue weighted by molar-refractivity contribution is 7.90. The lowest BCUT2D eigenvalue weighted by molar-refractivity contribution is -0.0821. The van der Waals surface area contributed by atoms with Crippen molar-refractivity contribution in [2.75, 3.05) is 38.4 Å². The fourth-order valence-corrected chi connectivity index (χ4v) is 7.68. The second-order valence-corrected chi connectivity index (χ2v) is 18.0. The molecule has 3 aromatic rings. The largest absolute Gasteiger partial charge is 0.472 e. The van der Waals surface area contributed by atoms with Crippen LogP contribution < -0.4 is 5.73 Å². The molecule has 0 spiro atoms. The van der Waals surface area contributed by atoms with Gasteiger partial charge in [0.2, 0.25) is 0 Å². The van der Waals surface area contributed by atoms with Crippen molar-refractivity contribution in [1.82, 2.24) is 19.6 Å². The number of nitrogen functional groups attached to an aromatic ring is 1. The molecule has 1 unspecified atom stereocenters. The molecule has 58 heavy (non-hydrogen) atoms. The number of aliphatic hydroxyl groups is 2. The summed E-state index contributed by atoms with van der Waals surface area (Å²) in [6.45, 7) is 1.26. The number of aromatic nitrogens is 4. The molecule has 0 saturated carbocycles. The van der Waals surface area contributed by atoms with E-state index in [1.54, 1.807) is 0 Å². The number of rotatable bonds is 33. The molecule has 0 saturated heterocycles. The van der Waals surface area contributed by atoms with Crippen LogP contribution in [0.3, 0.4) is 0 Å². The first kappa shape index (κ1) is 49.1. The van der Waals surface area contributed by atoms with Crippen LogP contribution in [-0.2, 0) is 44.3 Å². The Kier molecular flexibility index (Phi) is 22.7. The molecule has 3 rings (SSSR count). The van der Waals surface area contributed by atoms with E-state index in [1.807, 2.05) is 0 Å². The Morgan fingerprint density at radius 1 is 0.897 bits per heavy atom. The van der Waals surface area contributed by atoms with Gasteiger partial charge in [0.05, 0.1) is 37.0 Å². The molecule has 0 aromatic carbocycles. The predicted octanol–water partition coefficient (Wildman–Crippen LogP) is 6.37. The summed E-state index contributed by atoms with van der Waals surface area (Å²) in [7, 11) is -8.37. The number of anilines is 1. The molecular weight excluding hydrogens is 792 g/mol. The Bertz CT molecular complexity index is 1810. The van der Waals surface area contributed by atoms with E-state index < -0.39 is 55.3 Å². The first-order valence-corrected chi connectivity index (χ1v) is 23.7. The van der Waals surface area contributed by atoms with Crippen LogP contribution in [0.25, 0.3) is 5.52 Å². The van der Waals surface area contributed by atoms with E-state index in [0.717, 1.165) is 31.8 Å². The third kappa shape index (κ3) is 18.4. The molecule has 0 fully saturated rings. The third-order valence-electron chi connectivity index (χ3n) is 9.68. The van der Waals surface area contributed by atoms with Crippen LogP contribution in [0, 0.1) is 11.5 Å². The molecule has 17 nitrogen and oxygen atoms in total. The molecule has 0 radical (unpaired) electrons. The maximum absolute atomic E-state index is 13.0. The lowest BCUT2D eigenvalue weighted by Gasteiger charge is -2.25. The molecule has 3 aromatic heterocycles. The average molecular weight is 855 g/mol. The van der Waals surface area contributed by atoms with Crippen molar-refractivity contribution in [3.63, 3.8) is 0 Å². The Balaban J connectivity index is 1.44. The lowest BCUT2D eigenvalue weighted by Crippen LogP contribution is -2.37. The van der Waals surface area contributed by atoms with Crippen molar-refractivity contribution >= 4 is 29.0 Å². The normalized spacial score (nSPS) is 15.1. The van der Waals surface area contributed by atoms with Gasteiger partial charge < -0.3 is 35.1 Å². The van der Waals surface area contributed by atoms with Gasteiger partial charge in [0.15, 0.2) is 21.8 Å². The molecule has 0 bridgehead atoms. The van der Waals surface area contributed by atoms with Gasteiger partial charge in [-0.2, -0.15) is 10.4 Å². The van der Waals surface area contributed by atoms with Gasteiger partial charge in [-0.05, 0) is 30.2 Å². The van der Waals surface area contributed by atoms with Gasteiger partial charge in [0.1, 0.15) is 30.2 Å². The van der Waals surface area contributed by atoms with Gasteiger partial charge in [0, 0.05) is 25.3 Å². The van der Waals surface area contributed by atoms with Crippen LogP contribution in [-0.4, -0.2) is 94.1 Å². The molecule has 5 atom stereocenters. The van der Waals surface area contributed by atoms with Crippen molar-refractivity contribution < 1.29 is 51.3 Å². The smallest absolute Gasteiger partial charge is 0.419 e. The predicted molar refractivity (Wildman–Crippen MR) is 217 cm³/mol. The van der Waals surface area contributed by atoms with Crippen molar-refractivity contribution in [2.24, 2.45) is 0 Å². The van der Waals surface area contributed by atoms with Crippen LogP contribution >= 0.6 is 7.82 Å². The second-order valence-electron chi connectivity index (χ2n) is 14.6. The van der Waals surface area contributed by atoms with Gasteiger partial charge in [0.25, 0.3) is 6.26 Å². The second kappa shape index (κ2) is 26.8. The Morgan fingerprint density at radius 2 is 1.50 bits per heavy atom. The number of nitrogens with zero attached hydrogens (tertiary/aromatic N) is 5. The zero-order valence-electron chi connectivity index (χ0n) is 33.9. The summed E-state index contributed by atoms with van der Waals surface area (Å²) in [5.41, 5.74) is 6.73. The SMILES string of the molecule is CCCCCCCCCCCCCCCCCCOC[C@H](COP(=O)(O)OC[C@@H](OC#N)[C@@H](O)[C@@H](O)c1ccc2c(N)ncnn12)OCc1cncc(S(C)(=O)=O)c1. The lowest BCUT2D eigenvalue weighted by atomic mass is 10.0. The maximum atomic E-state index is 13.0. The topological polar surface area (TPSA) is 251 Å². The number of hydrogen-bond donors (Lipinski definition) is 4. The quantitative estimate of drug-likeness (QED) is 0.0295. The van der Waals surface area contributed by atoms with Gasteiger partial charge in [-0.25, -0.2) is 22.5 Å². The number of nitrogens with two attached hydrogens (primary N) is 1. The number of sulfone groups is 1. The summed E-state index contributed by atoms with van der Waals surface area (Å²) in [5.74, 6) is 0.126. The zero-order chi connectivity index (χ0) is 42.2. The van der Waals surface area contributed by atoms with Crippen molar-refractivity contribution in [3.8, 4) is 6.26 Å². The highest BCUT2D eigenvalue weighted by Gasteiger charge is 2.35. The fourth-order valence-electron chi connectivity index (χ4n) is 6.30. The number of aliphatic hydroxyl groups excluding tert-OH is 2. The minimum absolute atomic E-state index is 0.0116. The van der Waals surface area contributed by atoms with Gasteiger partial charge in [-0.3, -0.25) is 14.0 Å². The highest BCUT2D eigenvalue weighted by atomic mass is 32.2. The standard InChI is InChI=1S/C39H63N6O11PS/c1-3-4-5-6-7-8-9-10-11-12-13-14-15-16-17-18-21-52-26-32(53-25-31-22-33(24-42-23-31)58(2,50)51)27-55-57(48,49)56-28-36(54-29-40)38(47)37(46)34-19-20-35-39(41)43-30-44-45(34)35/h19-20,22-24,30,32,36-38,46-47H,3-18,21,25-28H2,1-2H3,(H,48,49)(H2,41,43,44)/t32-,36-,37+,38-/m1/s1. The summed E-state index contributed by atoms with van der Waals surface area (Å²) in [5, 5.41) is 34.9.